The molecule has 25 heavy (non-hydrogen) atoms. The average molecular weight is 383 g/mol. The van der Waals surface area contributed by atoms with E-state index in [1.165, 1.54) is 24.5 Å². The van der Waals surface area contributed by atoms with Crippen molar-refractivity contribution in [1.82, 2.24) is 4.98 Å². The zero-order valence-corrected chi connectivity index (χ0v) is 16.1. The highest BCUT2D eigenvalue weighted by Crippen LogP contribution is 2.36. The van der Waals surface area contributed by atoms with Crippen molar-refractivity contribution in [3.05, 3.63) is 23.9 Å². The smallest absolute Gasteiger partial charge is 0.241 e. The van der Waals surface area contributed by atoms with E-state index in [1.54, 1.807) is 19.1 Å². The van der Waals surface area contributed by atoms with Crippen molar-refractivity contribution in [3.8, 4) is 16.2 Å². The van der Waals surface area contributed by atoms with Crippen molar-refractivity contribution in [2.45, 2.75) is 32.1 Å². The van der Waals surface area contributed by atoms with Crippen molar-refractivity contribution >= 4 is 32.4 Å². The molecule has 0 saturated heterocycles. The van der Waals surface area contributed by atoms with Gasteiger partial charge in [0.05, 0.1) is 17.7 Å². The first-order valence-electron chi connectivity index (χ1n) is 7.60. The fourth-order valence-corrected chi connectivity index (χ4v) is 4.00. The second-order valence-electron chi connectivity index (χ2n) is 5.99. The summed E-state index contributed by atoms with van der Waals surface area (Å²) in [4.78, 5) is 16.9. The second-order valence-corrected chi connectivity index (χ2v) is 8.52. The number of benzene rings is 1. The number of aromatic nitrogens is 1. The van der Waals surface area contributed by atoms with E-state index in [9.17, 15) is 13.2 Å². The fourth-order valence-electron chi connectivity index (χ4n) is 2.30. The Labute approximate surface area is 151 Å². The summed E-state index contributed by atoms with van der Waals surface area (Å²) in [6, 6.07) is 4.73. The van der Waals surface area contributed by atoms with Gasteiger partial charge >= 0.3 is 0 Å². The van der Waals surface area contributed by atoms with Crippen LogP contribution in [0.2, 0.25) is 0 Å². The van der Waals surface area contributed by atoms with Crippen LogP contribution in [-0.2, 0) is 14.8 Å². The van der Waals surface area contributed by atoms with Crippen LogP contribution in [0.25, 0.3) is 10.4 Å². The third-order valence-electron chi connectivity index (χ3n) is 3.37. The van der Waals surface area contributed by atoms with Gasteiger partial charge in [0.25, 0.3) is 0 Å². The zero-order chi connectivity index (χ0) is 18.8. The van der Waals surface area contributed by atoms with Gasteiger partial charge < -0.3 is 10.1 Å². The predicted molar refractivity (Wildman–Crippen MR) is 98.3 cm³/mol. The Morgan fingerprint density at radius 1 is 1.40 bits per heavy atom. The maximum Gasteiger partial charge on any atom is 0.241 e. The number of nitrogens with two attached hydrogens (primary N) is 1. The molecule has 136 valence electrons. The van der Waals surface area contributed by atoms with Crippen LogP contribution < -0.4 is 15.2 Å². The molecule has 0 fully saturated rings. The number of primary sulfonamides is 1. The number of nitrogens with zero attached hydrogens (tertiary/aromatic N) is 1. The first kappa shape index (κ1) is 19.4. The standard InChI is InChI=1S/C16H21N3O4S2/c1-9(2)7-14(20)19-16-18-10(3)15(24-16)11-5-6-12(23-4)13(8-11)25(17,21)22/h5-6,8-9H,7H2,1-4H3,(H2,17,21,22)(H,18,19,20). The van der Waals surface area contributed by atoms with Crippen LogP contribution in [0.1, 0.15) is 26.0 Å². The quantitative estimate of drug-likeness (QED) is 0.797. The molecular weight excluding hydrogens is 362 g/mol. The molecule has 0 bridgehead atoms. The lowest BCUT2D eigenvalue weighted by Crippen LogP contribution is -2.13. The zero-order valence-electron chi connectivity index (χ0n) is 14.5. The summed E-state index contributed by atoms with van der Waals surface area (Å²) >= 11 is 1.28. The summed E-state index contributed by atoms with van der Waals surface area (Å²) in [5.74, 6) is 0.327. The molecule has 2 aromatic rings. The molecule has 0 radical (unpaired) electrons. The molecule has 0 spiro atoms. The molecule has 0 aliphatic carbocycles. The minimum absolute atomic E-state index is 0.0920. The molecule has 2 rings (SSSR count). The number of carbonyl (C=O) groups is 1. The number of amides is 1. The summed E-state index contributed by atoms with van der Waals surface area (Å²) in [6.45, 7) is 5.72. The first-order valence-corrected chi connectivity index (χ1v) is 9.96. The Balaban J connectivity index is 2.38. The molecule has 1 amide bonds. The van der Waals surface area contributed by atoms with Crippen LogP contribution >= 0.6 is 11.3 Å². The number of rotatable bonds is 6. The highest BCUT2D eigenvalue weighted by atomic mass is 32.2. The van der Waals surface area contributed by atoms with E-state index in [0.717, 1.165) is 4.88 Å². The van der Waals surface area contributed by atoms with Gasteiger partial charge in [-0.25, -0.2) is 18.5 Å². The molecule has 9 heteroatoms. The molecule has 0 saturated carbocycles. The van der Waals surface area contributed by atoms with Gasteiger partial charge in [0, 0.05) is 6.42 Å². The van der Waals surface area contributed by atoms with Crippen LogP contribution in [0, 0.1) is 12.8 Å². The third-order valence-corrected chi connectivity index (χ3v) is 5.42. The van der Waals surface area contributed by atoms with E-state index < -0.39 is 10.0 Å². The SMILES string of the molecule is COc1ccc(-c2sc(NC(=O)CC(C)C)nc2C)cc1S(N)(=O)=O. The summed E-state index contributed by atoms with van der Waals surface area (Å²) in [6.07, 6.45) is 0.409. The highest BCUT2D eigenvalue weighted by Gasteiger charge is 2.19. The summed E-state index contributed by atoms with van der Waals surface area (Å²) < 4.78 is 28.6. The van der Waals surface area contributed by atoms with Crippen LogP contribution in [0.5, 0.6) is 5.75 Å². The van der Waals surface area contributed by atoms with Crippen LogP contribution in [0.15, 0.2) is 23.1 Å². The Kier molecular flexibility index (Phi) is 5.81. The lowest BCUT2D eigenvalue weighted by Gasteiger charge is -2.08. The Morgan fingerprint density at radius 3 is 2.64 bits per heavy atom. The van der Waals surface area contributed by atoms with Crippen LogP contribution in [-0.4, -0.2) is 26.4 Å². The van der Waals surface area contributed by atoms with E-state index in [2.05, 4.69) is 10.3 Å². The van der Waals surface area contributed by atoms with Gasteiger partial charge in [-0.05, 0) is 36.6 Å². The van der Waals surface area contributed by atoms with Crippen molar-refractivity contribution < 1.29 is 17.9 Å². The maximum absolute atomic E-state index is 11.9. The van der Waals surface area contributed by atoms with E-state index in [0.29, 0.717) is 22.8 Å². The second kappa shape index (κ2) is 7.51. The van der Waals surface area contributed by atoms with Gasteiger partial charge in [-0.3, -0.25) is 4.79 Å². The van der Waals surface area contributed by atoms with Crippen molar-refractivity contribution in [2.24, 2.45) is 11.1 Å². The van der Waals surface area contributed by atoms with Crippen molar-refractivity contribution in [1.29, 1.82) is 0 Å². The Bertz CT molecular complexity index is 889. The van der Waals surface area contributed by atoms with E-state index in [-0.39, 0.29) is 22.5 Å². The number of sulfonamides is 1. The summed E-state index contributed by atoms with van der Waals surface area (Å²) in [7, 11) is -2.55. The van der Waals surface area contributed by atoms with Gasteiger partial charge in [-0.2, -0.15) is 0 Å². The monoisotopic (exact) mass is 383 g/mol. The minimum atomic E-state index is -3.93. The molecule has 7 nitrogen and oxygen atoms in total. The van der Waals surface area contributed by atoms with Gasteiger partial charge in [0.1, 0.15) is 10.6 Å². The number of ether oxygens (including phenoxy) is 1. The molecule has 3 N–H and O–H groups in total. The molecule has 1 heterocycles. The van der Waals surface area contributed by atoms with Crippen molar-refractivity contribution in [2.75, 3.05) is 12.4 Å². The molecule has 1 aromatic heterocycles. The summed E-state index contributed by atoms with van der Waals surface area (Å²) in [5.41, 5.74) is 1.33. The lowest BCUT2D eigenvalue weighted by atomic mass is 10.1. The van der Waals surface area contributed by atoms with E-state index in [4.69, 9.17) is 9.88 Å². The number of hydrogen-bond donors (Lipinski definition) is 2. The normalized spacial score (nSPS) is 11.6. The first-order chi connectivity index (χ1) is 11.6. The Hall–Kier alpha value is -1.97. The van der Waals surface area contributed by atoms with Crippen LogP contribution in [0.3, 0.4) is 0 Å². The number of nitrogens with one attached hydrogen (secondary N) is 1. The molecule has 0 aliphatic rings. The largest absolute Gasteiger partial charge is 0.495 e. The van der Waals surface area contributed by atoms with Gasteiger partial charge in [-0.1, -0.05) is 25.2 Å². The predicted octanol–water partition coefficient (Wildman–Crippen LogP) is 2.76. The maximum atomic E-state index is 11.9. The van der Waals surface area contributed by atoms with Gasteiger partial charge in [-0.15, -0.1) is 0 Å². The van der Waals surface area contributed by atoms with Crippen LogP contribution in [0.4, 0.5) is 5.13 Å². The molecular formula is C16H21N3O4S2. The molecule has 0 unspecified atom stereocenters. The topological polar surface area (TPSA) is 111 Å². The summed E-state index contributed by atoms with van der Waals surface area (Å²) in [5, 5.41) is 8.51. The number of methoxy groups -OCH3 is 1. The van der Waals surface area contributed by atoms with Crippen molar-refractivity contribution in [3.63, 3.8) is 0 Å². The molecule has 0 aliphatic heterocycles. The highest BCUT2D eigenvalue weighted by molar-refractivity contribution is 7.89. The van der Waals surface area contributed by atoms with Gasteiger partial charge in [0.15, 0.2) is 5.13 Å². The fraction of sp³-hybridized carbons (Fsp3) is 0.375. The number of thiazole rings is 1. The third kappa shape index (κ3) is 4.77. The molecule has 1 aromatic carbocycles. The number of hydrogen-bond acceptors (Lipinski definition) is 6. The molecule has 0 atom stereocenters. The van der Waals surface area contributed by atoms with E-state index >= 15 is 0 Å². The lowest BCUT2D eigenvalue weighted by molar-refractivity contribution is -0.116. The average Bonchev–Trinajstić information content (AvgIpc) is 2.85. The number of carbonyl (C=O) groups excluding carboxylic acids is 1. The number of anilines is 1. The van der Waals surface area contributed by atoms with Gasteiger partial charge in [0.2, 0.25) is 15.9 Å². The Morgan fingerprint density at radius 2 is 2.08 bits per heavy atom. The van der Waals surface area contributed by atoms with E-state index in [1.807, 2.05) is 13.8 Å². The number of aryl methyl sites for hydroxylation is 1. The minimum Gasteiger partial charge on any atom is -0.495 e.